The van der Waals surface area contributed by atoms with E-state index in [2.05, 4.69) is 26.0 Å². The summed E-state index contributed by atoms with van der Waals surface area (Å²) < 4.78 is 5.30. The van der Waals surface area contributed by atoms with Crippen LogP contribution in [0.3, 0.4) is 0 Å². The Hall–Kier alpha value is -1.62. The molecule has 0 radical (unpaired) electrons. The lowest BCUT2D eigenvalue weighted by atomic mass is 9.95. The van der Waals surface area contributed by atoms with Gasteiger partial charge in [0.15, 0.2) is 0 Å². The van der Waals surface area contributed by atoms with Gasteiger partial charge in [-0.3, -0.25) is 4.79 Å². The van der Waals surface area contributed by atoms with Crippen LogP contribution >= 0.6 is 15.9 Å². The van der Waals surface area contributed by atoms with E-state index < -0.39 is 11.4 Å². The number of para-hydroxylation sites is 1. The Bertz CT molecular complexity index is 545. The summed E-state index contributed by atoms with van der Waals surface area (Å²) in [5.41, 5.74) is 0.855. The summed E-state index contributed by atoms with van der Waals surface area (Å²) in [4.78, 5) is 23.2. The number of amides is 1. The summed E-state index contributed by atoms with van der Waals surface area (Å²) in [7, 11) is 1.32. The maximum atomic E-state index is 12.1. The number of anilines is 1. The third-order valence-electron chi connectivity index (χ3n) is 2.57. The summed E-state index contributed by atoms with van der Waals surface area (Å²) in [5, 5.41) is 2.87. The molecular formula is C15H18BrNO3. The first-order chi connectivity index (χ1) is 9.25. The van der Waals surface area contributed by atoms with E-state index in [1.165, 1.54) is 13.2 Å². The van der Waals surface area contributed by atoms with Crippen molar-refractivity contribution in [1.82, 2.24) is 0 Å². The molecule has 0 heterocycles. The third kappa shape index (κ3) is 4.49. The van der Waals surface area contributed by atoms with E-state index in [0.29, 0.717) is 5.69 Å². The van der Waals surface area contributed by atoms with E-state index >= 15 is 0 Å². The molecule has 0 bridgehead atoms. The molecule has 5 heteroatoms. The molecule has 0 atom stereocenters. The number of benzene rings is 1. The van der Waals surface area contributed by atoms with Crippen molar-refractivity contribution < 1.29 is 14.3 Å². The number of rotatable bonds is 3. The van der Waals surface area contributed by atoms with Gasteiger partial charge >= 0.3 is 5.97 Å². The Morgan fingerprint density at radius 2 is 1.95 bits per heavy atom. The summed E-state index contributed by atoms with van der Waals surface area (Å²) in [6.45, 7) is 5.51. The molecule has 0 fully saturated rings. The average molecular weight is 340 g/mol. The zero-order valence-corrected chi connectivity index (χ0v) is 13.6. The summed E-state index contributed by atoms with van der Waals surface area (Å²) >= 11 is 3.40. The van der Waals surface area contributed by atoms with Crippen LogP contribution in [0.4, 0.5) is 5.69 Å². The molecule has 0 aromatic heterocycles. The van der Waals surface area contributed by atoms with Gasteiger partial charge in [-0.15, -0.1) is 0 Å². The third-order valence-corrected chi connectivity index (χ3v) is 3.23. The molecule has 0 saturated heterocycles. The lowest BCUT2D eigenvalue weighted by molar-refractivity contribution is -0.134. The lowest BCUT2D eigenvalue weighted by Gasteiger charge is -2.19. The minimum absolute atomic E-state index is 0.0999. The molecule has 0 aliphatic rings. The van der Waals surface area contributed by atoms with Crippen LogP contribution in [0.1, 0.15) is 26.3 Å². The van der Waals surface area contributed by atoms with Gasteiger partial charge in [0.1, 0.15) is 0 Å². The smallest absolute Gasteiger partial charge is 0.330 e. The van der Waals surface area contributed by atoms with Crippen molar-refractivity contribution in [2.75, 3.05) is 12.4 Å². The van der Waals surface area contributed by atoms with Crippen LogP contribution in [0.5, 0.6) is 0 Å². The molecule has 0 saturated carbocycles. The average Bonchev–Trinajstić information content (AvgIpc) is 2.37. The number of carbonyl (C=O) groups excluding carboxylic acids is 2. The fourth-order valence-corrected chi connectivity index (χ4v) is 1.82. The predicted octanol–water partition coefficient (Wildman–Crippen LogP) is 3.62. The SMILES string of the molecule is COC(=O)C=Cc1cccc(Br)c1NC(=O)C(C)(C)C. The Morgan fingerprint density at radius 1 is 1.30 bits per heavy atom. The molecule has 108 valence electrons. The zero-order chi connectivity index (χ0) is 15.3. The van der Waals surface area contributed by atoms with Gasteiger partial charge in [0.05, 0.1) is 12.8 Å². The maximum absolute atomic E-state index is 12.1. The van der Waals surface area contributed by atoms with Crippen molar-refractivity contribution >= 4 is 39.6 Å². The quantitative estimate of drug-likeness (QED) is 0.675. The Balaban J connectivity index is 3.09. The largest absolute Gasteiger partial charge is 0.466 e. The van der Waals surface area contributed by atoms with Gasteiger partial charge in [0, 0.05) is 16.0 Å². The van der Waals surface area contributed by atoms with E-state index in [0.717, 1.165) is 10.0 Å². The second kappa shape index (κ2) is 6.70. The molecule has 1 aromatic carbocycles. The van der Waals surface area contributed by atoms with Gasteiger partial charge in [0.2, 0.25) is 5.91 Å². The molecular weight excluding hydrogens is 322 g/mol. The minimum atomic E-state index is -0.501. The highest BCUT2D eigenvalue weighted by molar-refractivity contribution is 9.10. The first kappa shape index (κ1) is 16.4. The first-order valence-electron chi connectivity index (χ1n) is 6.11. The number of halogens is 1. The minimum Gasteiger partial charge on any atom is -0.466 e. The van der Waals surface area contributed by atoms with Crippen molar-refractivity contribution in [2.45, 2.75) is 20.8 Å². The fraction of sp³-hybridized carbons (Fsp3) is 0.333. The van der Waals surface area contributed by atoms with Crippen molar-refractivity contribution in [3.8, 4) is 0 Å². The second-order valence-electron chi connectivity index (χ2n) is 5.26. The highest BCUT2D eigenvalue weighted by Gasteiger charge is 2.22. The summed E-state index contributed by atoms with van der Waals surface area (Å²) in [5.74, 6) is -0.546. The van der Waals surface area contributed by atoms with Gasteiger partial charge in [-0.05, 0) is 33.6 Å². The van der Waals surface area contributed by atoms with Crippen LogP contribution in [0, 0.1) is 5.41 Å². The molecule has 0 aliphatic heterocycles. The number of nitrogens with one attached hydrogen (secondary N) is 1. The normalized spacial score (nSPS) is 11.4. The predicted molar refractivity (Wildman–Crippen MR) is 83.3 cm³/mol. The zero-order valence-electron chi connectivity index (χ0n) is 12.0. The van der Waals surface area contributed by atoms with Crippen LogP contribution in [0.15, 0.2) is 28.7 Å². The fourth-order valence-electron chi connectivity index (χ4n) is 1.34. The van der Waals surface area contributed by atoms with E-state index in [-0.39, 0.29) is 5.91 Å². The van der Waals surface area contributed by atoms with Gasteiger partial charge < -0.3 is 10.1 Å². The highest BCUT2D eigenvalue weighted by atomic mass is 79.9. The van der Waals surface area contributed by atoms with E-state index in [4.69, 9.17) is 0 Å². The molecule has 20 heavy (non-hydrogen) atoms. The summed E-state index contributed by atoms with van der Waals surface area (Å²) in [6, 6.07) is 5.46. The number of hydrogen-bond acceptors (Lipinski definition) is 3. The monoisotopic (exact) mass is 339 g/mol. The van der Waals surface area contributed by atoms with Gasteiger partial charge in [-0.2, -0.15) is 0 Å². The standard InChI is InChI=1S/C15H18BrNO3/c1-15(2,3)14(19)17-13-10(6-5-7-11(13)16)8-9-12(18)20-4/h5-9H,1-4H3,(H,17,19). The molecule has 1 rings (SSSR count). The molecule has 0 unspecified atom stereocenters. The lowest BCUT2D eigenvalue weighted by Crippen LogP contribution is -2.28. The van der Waals surface area contributed by atoms with E-state index in [1.54, 1.807) is 6.08 Å². The molecule has 1 N–H and O–H groups in total. The van der Waals surface area contributed by atoms with Crippen molar-refractivity contribution in [2.24, 2.45) is 5.41 Å². The highest BCUT2D eigenvalue weighted by Crippen LogP contribution is 2.29. The van der Waals surface area contributed by atoms with Crippen LogP contribution in [-0.4, -0.2) is 19.0 Å². The van der Waals surface area contributed by atoms with Crippen molar-refractivity contribution in [3.63, 3.8) is 0 Å². The summed E-state index contributed by atoms with van der Waals surface area (Å²) in [6.07, 6.45) is 2.92. The second-order valence-corrected chi connectivity index (χ2v) is 6.12. The number of carbonyl (C=O) groups is 2. The number of methoxy groups -OCH3 is 1. The van der Waals surface area contributed by atoms with Gasteiger partial charge in [0.25, 0.3) is 0 Å². The first-order valence-corrected chi connectivity index (χ1v) is 6.91. The molecule has 0 aliphatic carbocycles. The van der Waals surface area contributed by atoms with E-state index in [9.17, 15) is 9.59 Å². The molecule has 1 amide bonds. The van der Waals surface area contributed by atoms with Crippen LogP contribution < -0.4 is 5.32 Å². The van der Waals surface area contributed by atoms with Crippen LogP contribution in [0.2, 0.25) is 0 Å². The van der Waals surface area contributed by atoms with Crippen molar-refractivity contribution in [3.05, 3.63) is 34.3 Å². The number of hydrogen-bond donors (Lipinski definition) is 1. The Kier molecular flexibility index (Phi) is 5.51. The molecule has 4 nitrogen and oxygen atoms in total. The van der Waals surface area contributed by atoms with Gasteiger partial charge in [-0.25, -0.2) is 4.79 Å². The molecule has 1 aromatic rings. The molecule has 0 spiro atoms. The Labute approximate surface area is 127 Å². The number of esters is 1. The topological polar surface area (TPSA) is 55.4 Å². The van der Waals surface area contributed by atoms with Crippen molar-refractivity contribution in [1.29, 1.82) is 0 Å². The van der Waals surface area contributed by atoms with Crippen LogP contribution in [-0.2, 0) is 14.3 Å². The Morgan fingerprint density at radius 3 is 2.50 bits per heavy atom. The van der Waals surface area contributed by atoms with Gasteiger partial charge in [-0.1, -0.05) is 32.9 Å². The maximum Gasteiger partial charge on any atom is 0.330 e. The number of ether oxygens (including phenoxy) is 1. The van der Waals surface area contributed by atoms with Crippen LogP contribution in [0.25, 0.3) is 6.08 Å². The van der Waals surface area contributed by atoms with E-state index in [1.807, 2.05) is 39.0 Å².